The number of urea groups is 1. The molecule has 1 fully saturated rings. The van der Waals surface area contributed by atoms with Gasteiger partial charge in [0.15, 0.2) is 0 Å². The summed E-state index contributed by atoms with van der Waals surface area (Å²) in [6, 6.07) is 10.4. The normalized spacial score (nSPS) is 19.7. The maximum atomic E-state index is 13.3. The summed E-state index contributed by atoms with van der Waals surface area (Å²) in [5, 5.41) is 3.45. The van der Waals surface area contributed by atoms with Crippen LogP contribution < -0.4 is 5.32 Å². The summed E-state index contributed by atoms with van der Waals surface area (Å²) in [6.45, 7) is 2.05. The second-order valence-corrected chi connectivity index (χ2v) is 7.54. The van der Waals surface area contributed by atoms with E-state index in [0.717, 1.165) is 10.5 Å². The number of amides is 3. The van der Waals surface area contributed by atoms with Crippen LogP contribution in [-0.2, 0) is 16.9 Å². The summed E-state index contributed by atoms with van der Waals surface area (Å²) in [7, 11) is 1.75. The molecule has 27 heavy (non-hydrogen) atoms. The number of rotatable bonds is 5. The van der Waals surface area contributed by atoms with Crippen molar-refractivity contribution >= 4 is 35.1 Å². The summed E-state index contributed by atoms with van der Waals surface area (Å²) in [4.78, 5) is 28.3. The number of carbonyl (C=O) groups is 2. The molecule has 0 spiro atoms. The molecule has 2 aromatic carbocycles. The van der Waals surface area contributed by atoms with E-state index in [1.165, 1.54) is 18.2 Å². The highest BCUT2D eigenvalue weighted by atomic mass is 35.5. The molecule has 0 bridgehead atoms. The molecule has 1 N–H and O–H groups in total. The maximum Gasteiger partial charge on any atom is 0.326 e. The van der Waals surface area contributed by atoms with Gasteiger partial charge < -0.3 is 5.32 Å². The molecule has 1 aliphatic rings. The molecule has 0 aromatic heterocycles. The van der Waals surface area contributed by atoms with Crippen molar-refractivity contribution in [3.05, 3.63) is 69.5 Å². The standard InChI is InChI=1S/C19H18Cl2FN3O2/c1-19(15-7-6-13(20)9-16(15)21)17(26)25(18(27)23-19)11-24(2)10-12-4-3-5-14(22)8-12/h3-9H,10-11H2,1-2H3,(H,23,27)/t19-/m1/s1. The minimum atomic E-state index is -1.28. The number of nitrogens with one attached hydrogen (secondary N) is 1. The van der Waals surface area contributed by atoms with Gasteiger partial charge in [0.25, 0.3) is 5.91 Å². The van der Waals surface area contributed by atoms with Crippen LogP contribution in [-0.4, -0.2) is 35.5 Å². The minimum Gasteiger partial charge on any atom is -0.319 e. The van der Waals surface area contributed by atoms with Crippen molar-refractivity contribution in [2.24, 2.45) is 0 Å². The zero-order chi connectivity index (χ0) is 19.8. The molecule has 0 saturated carbocycles. The molecule has 3 amide bonds. The predicted molar refractivity (Wildman–Crippen MR) is 102 cm³/mol. The van der Waals surface area contributed by atoms with Crippen LogP contribution in [0.3, 0.4) is 0 Å². The Morgan fingerprint density at radius 2 is 1.93 bits per heavy atom. The topological polar surface area (TPSA) is 52.6 Å². The van der Waals surface area contributed by atoms with Gasteiger partial charge in [0.2, 0.25) is 0 Å². The van der Waals surface area contributed by atoms with Crippen LogP contribution in [0.1, 0.15) is 18.1 Å². The third-order valence-electron chi connectivity index (χ3n) is 4.47. The first kappa shape index (κ1) is 19.6. The van der Waals surface area contributed by atoms with Gasteiger partial charge >= 0.3 is 6.03 Å². The molecule has 0 aliphatic carbocycles. The smallest absolute Gasteiger partial charge is 0.319 e. The number of nitrogens with zero attached hydrogens (tertiary/aromatic N) is 2. The molecule has 0 radical (unpaired) electrons. The Morgan fingerprint density at radius 1 is 1.19 bits per heavy atom. The van der Waals surface area contributed by atoms with E-state index in [0.29, 0.717) is 22.2 Å². The lowest BCUT2D eigenvalue weighted by atomic mass is 9.92. The third-order valence-corrected chi connectivity index (χ3v) is 5.02. The number of benzene rings is 2. The SMILES string of the molecule is CN(Cc1cccc(F)c1)CN1C(=O)N[C@](C)(c2ccc(Cl)cc2Cl)C1=O. The molecular weight excluding hydrogens is 392 g/mol. The number of imide groups is 1. The number of carbonyl (C=O) groups excluding carboxylic acids is 2. The van der Waals surface area contributed by atoms with Crippen molar-refractivity contribution in [3.63, 3.8) is 0 Å². The van der Waals surface area contributed by atoms with E-state index >= 15 is 0 Å². The van der Waals surface area contributed by atoms with Crippen molar-refractivity contribution in [3.8, 4) is 0 Å². The Labute approximate surface area is 166 Å². The fraction of sp³-hybridized carbons (Fsp3) is 0.263. The Morgan fingerprint density at radius 3 is 2.59 bits per heavy atom. The molecular formula is C19H18Cl2FN3O2. The lowest BCUT2D eigenvalue weighted by molar-refractivity contribution is -0.132. The van der Waals surface area contributed by atoms with Gasteiger partial charge in [-0.25, -0.2) is 14.1 Å². The molecule has 5 nitrogen and oxygen atoms in total. The minimum absolute atomic E-state index is 0.0575. The quantitative estimate of drug-likeness (QED) is 0.759. The first-order chi connectivity index (χ1) is 12.7. The average Bonchev–Trinajstić information content (AvgIpc) is 2.78. The molecule has 2 aromatic rings. The van der Waals surface area contributed by atoms with Crippen LogP contribution in [0.25, 0.3) is 0 Å². The molecule has 0 unspecified atom stereocenters. The maximum absolute atomic E-state index is 13.3. The van der Waals surface area contributed by atoms with Gasteiger partial charge in [0.1, 0.15) is 11.4 Å². The Hall–Kier alpha value is -2.15. The highest BCUT2D eigenvalue weighted by Crippen LogP contribution is 2.35. The second kappa shape index (κ2) is 7.46. The lowest BCUT2D eigenvalue weighted by Gasteiger charge is -2.25. The Bertz CT molecular complexity index is 908. The molecule has 142 valence electrons. The van der Waals surface area contributed by atoms with Gasteiger partial charge in [-0.2, -0.15) is 0 Å². The fourth-order valence-electron chi connectivity index (χ4n) is 3.14. The van der Waals surface area contributed by atoms with Gasteiger partial charge in [0.05, 0.1) is 6.67 Å². The van der Waals surface area contributed by atoms with Crippen LogP contribution in [0.15, 0.2) is 42.5 Å². The molecule has 1 aliphatic heterocycles. The summed E-state index contributed by atoms with van der Waals surface area (Å²) in [5.74, 6) is -0.747. The van der Waals surface area contributed by atoms with Crippen molar-refractivity contribution < 1.29 is 14.0 Å². The molecule has 1 atom stereocenters. The van der Waals surface area contributed by atoms with E-state index in [4.69, 9.17) is 23.2 Å². The van der Waals surface area contributed by atoms with Crippen molar-refractivity contribution in [2.75, 3.05) is 13.7 Å². The largest absolute Gasteiger partial charge is 0.326 e. The van der Waals surface area contributed by atoms with Crippen LogP contribution >= 0.6 is 23.2 Å². The zero-order valence-corrected chi connectivity index (χ0v) is 16.3. The van der Waals surface area contributed by atoms with E-state index in [1.54, 1.807) is 43.1 Å². The summed E-state index contributed by atoms with van der Waals surface area (Å²) in [5.41, 5.74) is -0.0615. The molecule has 3 rings (SSSR count). The first-order valence-electron chi connectivity index (χ1n) is 8.23. The van der Waals surface area contributed by atoms with Gasteiger partial charge in [-0.05, 0) is 43.8 Å². The number of halogens is 3. The number of hydrogen-bond acceptors (Lipinski definition) is 3. The lowest BCUT2D eigenvalue weighted by Crippen LogP contribution is -2.43. The fourth-order valence-corrected chi connectivity index (χ4v) is 3.74. The van der Waals surface area contributed by atoms with Crippen molar-refractivity contribution in [1.82, 2.24) is 15.1 Å². The molecule has 1 saturated heterocycles. The van der Waals surface area contributed by atoms with Crippen LogP contribution in [0, 0.1) is 5.82 Å². The van der Waals surface area contributed by atoms with Crippen molar-refractivity contribution in [2.45, 2.75) is 19.0 Å². The summed E-state index contributed by atoms with van der Waals surface area (Å²) >= 11 is 12.2. The zero-order valence-electron chi connectivity index (χ0n) is 14.8. The van der Waals surface area contributed by atoms with Gasteiger partial charge in [-0.15, -0.1) is 0 Å². The molecule has 8 heteroatoms. The van der Waals surface area contributed by atoms with E-state index < -0.39 is 17.5 Å². The monoisotopic (exact) mass is 409 g/mol. The second-order valence-electron chi connectivity index (χ2n) is 6.70. The van der Waals surface area contributed by atoms with E-state index in [1.807, 2.05) is 0 Å². The summed E-state index contributed by atoms with van der Waals surface area (Å²) in [6.07, 6.45) is 0. The van der Waals surface area contributed by atoms with E-state index in [9.17, 15) is 14.0 Å². The number of hydrogen-bond donors (Lipinski definition) is 1. The van der Waals surface area contributed by atoms with Gasteiger partial charge in [0, 0.05) is 22.2 Å². The van der Waals surface area contributed by atoms with E-state index in [-0.39, 0.29) is 12.5 Å². The first-order valence-corrected chi connectivity index (χ1v) is 8.99. The van der Waals surface area contributed by atoms with Crippen molar-refractivity contribution in [1.29, 1.82) is 0 Å². The third kappa shape index (κ3) is 3.93. The predicted octanol–water partition coefficient (Wildman–Crippen LogP) is 3.99. The van der Waals surface area contributed by atoms with Crippen LogP contribution in [0.5, 0.6) is 0 Å². The highest BCUT2D eigenvalue weighted by molar-refractivity contribution is 6.35. The van der Waals surface area contributed by atoms with E-state index in [2.05, 4.69) is 5.32 Å². The Balaban J connectivity index is 1.77. The average molecular weight is 410 g/mol. The van der Waals surface area contributed by atoms with Gasteiger partial charge in [-0.1, -0.05) is 41.4 Å². The van der Waals surface area contributed by atoms with Crippen LogP contribution in [0.4, 0.5) is 9.18 Å². The van der Waals surface area contributed by atoms with Crippen LogP contribution in [0.2, 0.25) is 10.0 Å². The Kier molecular flexibility index (Phi) is 5.42. The summed E-state index contributed by atoms with van der Waals surface area (Å²) < 4.78 is 13.3. The highest BCUT2D eigenvalue weighted by Gasteiger charge is 2.50. The molecule has 1 heterocycles. The van der Waals surface area contributed by atoms with Gasteiger partial charge in [-0.3, -0.25) is 9.69 Å².